The number of carbonyl (C=O) groups is 5. The zero-order valence-corrected chi connectivity index (χ0v) is 30.1. The monoisotopic (exact) mass is 725 g/mol. The van der Waals surface area contributed by atoms with E-state index in [9.17, 15) is 34.2 Å². The van der Waals surface area contributed by atoms with E-state index in [0.29, 0.717) is 48.4 Å². The van der Waals surface area contributed by atoms with E-state index in [-0.39, 0.29) is 22.7 Å². The fourth-order valence-electron chi connectivity index (χ4n) is 6.59. The van der Waals surface area contributed by atoms with Crippen molar-refractivity contribution in [3.8, 4) is 11.8 Å². The summed E-state index contributed by atoms with van der Waals surface area (Å²) in [6.07, 6.45) is 1.20. The third-order valence-corrected chi connectivity index (χ3v) is 9.15. The van der Waals surface area contributed by atoms with Crippen LogP contribution in [0.3, 0.4) is 0 Å². The first-order valence-corrected chi connectivity index (χ1v) is 17.3. The Morgan fingerprint density at radius 3 is 1.37 bits per heavy atom. The molecule has 0 aromatic heterocycles. The summed E-state index contributed by atoms with van der Waals surface area (Å²) in [5.74, 6) is -2.86. The van der Waals surface area contributed by atoms with Crippen molar-refractivity contribution in [3.63, 3.8) is 0 Å². The summed E-state index contributed by atoms with van der Waals surface area (Å²) >= 11 is 0. The molecule has 0 bridgehead atoms. The van der Waals surface area contributed by atoms with E-state index in [4.69, 9.17) is 10.00 Å². The molecule has 11 nitrogen and oxygen atoms in total. The summed E-state index contributed by atoms with van der Waals surface area (Å²) in [7, 11) is 0. The number of esters is 1. The molecular formula is C43H39N3O8. The van der Waals surface area contributed by atoms with Crippen molar-refractivity contribution in [1.29, 1.82) is 5.26 Å². The van der Waals surface area contributed by atoms with E-state index < -0.39 is 41.4 Å². The number of ketones is 2. The van der Waals surface area contributed by atoms with Gasteiger partial charge in [-0.05, 0) is 73.2 Å². The van der Waals surface area contributed by atoms with Crippen LogP contribution in [0, 0.1) is 11.3 Å². The maximum Gasteiger partial charge on any atom is 0.308 e. The van der Waals surface area contributed by atoms with Crippen molar-refractivity contribution >= 4 is 29.4 Å². The number of benzene rings is 4. The smallest absolute Gasteiger partial charge is 0.308 e. The summed E-state index contributed by atoms with van der Waals surface area (Å²) in [6.45, 7) is 4.70. The minimum atomic E-state index is -0.680. The first-order valence-electron chi connectivity index (χ1n) is 17.3. The predicted molar refractivity (Wildman–Crippen MR) is 199 cm³/mol. The second kappa shape index (κ2) is 17.1. The Kier molecular flexibility index (Phi) is 12.2. The van der Waals surface area contributed by atoms with Crippen LogP contribution < -0.4 is 4.74 Å². The molecule has 0 spiro atoms. The molecule has 2 N–H and O–H groups in total. The van der Waals surface area contributed by atoms with Crippen molar-refractivity contribution in [3.05, 3.63) is 160 Å². The van der Waals surface area contributed by atoms with Gasteiger partial charge in [0.25, 0.3) is 11.8 Å². The summed E-state index contributed by atoms with van der Waals surface area (Å²) in [4.78, 5) is 63.5. The van der Waals surface area contributed by atoms with E-state index in [1.54, 1.807) is 48.5 Å². The average molecular weight is 726 g/mol. The highest BCUT2D eigenvalue weighted by molar-refractivity contribution is 6.08. The van der Waals surface area contributed by atoms with Crippen molar-refractivity contribution in [1.82, 2.24) is 9.80 Å². The lowest BCUT2D eigenvalue weighted by Crippen LogP contribution is -2.32. The van der Waals surface area contributed by atoms with Crippen LogP contribution in [-0.2, 0) is 36.8 Å². The van der Waals surface area contributed by atoms with Crippen molar-refractivity contribution in [2.45, 2.75) is 45.7 Å². The quantitative estimate of drug-likeness (QED) is 0.135. The second-order valence-corrected chi connectivity index (χ2v) is 12.8. The van der Waals surface area contributed by atoms with E-state index in [1.807, 2.05) is 66.7 Å². The maximum atomic E-state index is 12.6. The van der Waals surface area contributed by atoms with Crippen molar-refractivity contribution in [2.75, 3.05) is 13.1 Å². The molecule has 0 radical (unpaired) electrons. The normalized spacial score (nSPS) is 16.6. The van der Waals surface area contributed by atoms with Crippen LogP contribution in [0.25, 0.3) is 0 Å². The zero-order valence-electron chi connectivity index (χ0n) is 30.1. The molecule has 2 unspecified atom stereocenters. The van der Waals surface area contributed by atoms with Gasteiger partial charge < -0.3 is 24.7 Å². The van der Waals surface area contributed by atoms with Gasteiger partial charge in [0.1, 0.15) is 5.75 Å². The molecule has 274 valence electrons. The third kappa shape index (κ3) is 8.62. The maximum absolute atomic E-state index is 12.6. The largest absolute Gasteiger partial charge is 0.503 e. The molecule has 2 heterocycles. The minimum absolute atomic E-state index is 0.0818. The molecule has 54 heavy (non-hydrogen) atoms. The van der Waals surface area contributed by atoms with Gasteiger partial charge in [-0.25, -0.2) is 0 Å². The Bertz CT molecular complexity index is 2150. The van der Waals surface area contributed by atoms with Gasteiger partial charge in [0.2, 0.25) is 0 Å². The summed E-state index contributed by atoms with van der Waals surface area (Å²) < 4.78 is 5.03. The van der Waals surface area contributed by atoms with Crippen molar-refractivity contribution < 1.29 is 38.9 Å². The van der Waals surface area contributed by atoms with Crippen LogP contribution in [0.5, 0.6) is 5.75 Å². The molecular weight excluding hydrogens is 686 g/mol. The van der Waals surface area contributed by atoms with Gasteiger partial charge in [-0.15, -0.1) is 0 Å². The molecule has 2 aliphatic heterocycles. The Balaban J connectivity index is 0.000000208. The fourth-order valence-corrected chi connectivity index (χ4v) is 6.59. The van der Waals surface area contributed by atoms with Gasteiger partial charge in [-0.2, -0.15) is 5.26 Å². The topological polar surface area (TPSA) is 165 Å². The van der Waals surface area contributed by atoms with Crippen LogP contribution in [0.2, 0.25) is 0 Å². The number of amides is 2. The number of aliphatic hydroxyl groups excluding tert-OH is 2. The summed E-state index contributed by atoms with van der Waals surface area (Å²) in [5.41, 5.74) is 4.15. The molecule has 2 aliphatic rings. The van der Waals surface area contributed by atoms with Gasteiger partial charge >= 0.3 is 5.97 Å². The SMILES string of the molecule is CC(=O)C1=C(O)C(=O)N(CCc2ccccc2)C1c1ccc(C#N)cc1.CC(=O)Oc1ccc(C2C(C(C)=O)=C(O)C(=O)N2CCc2ccccc2)cc1. The lowest BCUT2D eigenvalue weighted by molar-refractivity contribution is -0.132. The van der Waals surface area contributed by atoms with Crippen LogP contribution in [0.1, 0.15) is 60.7 Å². The fraction of sp³-hybridized carbons (Fsp3) is 0.209. The number of aliphatic hydroxyl groups is 2. The van der Waals surface area contributed by atoms with Gasteiger partial charge in [0.05, 0.1) is 34.9 Å². The van der Waals surface area contributed by atoms with Gasteiger partial charge in [0, 0.05) is 20.0 Å². The van der Waals surface area contributed by atoms with Gasteiger partial charge in [0.15, 0.2) is 23.1 Å². The number of hydrogen-bond acceptors (Lipinski definition) is 9. The number of nitriles is 1. The summed E-state index contributed by atoms with van der Waals surface area (Å²) in [5, 5.41) is 29.5. The number of nitrogens with zero attached hydrogens (tertiary/aromatic N) is 3. The molecule has 0 saturated carbocycles. The lowest BCUT2D eigenvalue weighted by Gasteiger charge is -2.26. The first-order chi connectivity index (χ1) is 25.9. The minimum Gasteiger partial charge on any atom is -0.503 e. The molecule has 0 fully saturated rings. The van der Waals surface area contributed by atoms with E-state index in [1.165, 1.54) is 30.6 Å². The zero-order chi connectivity index (χ0) is 38.9. The predicted octanol–water partition coefficient (Wildman–Crippen LogP) is 6.22. The number of Topliss-reactive ketones (excluding diaryl/α,β-unsaturated/α-hetero) is 2. The molecule has 4 aromatic rings. The Hall–Kier alpha value is -6.80. The number of ether oxygens (including phenoxy) is 1. The Morgan fingerprint density at radius 1 is 0.630 bits per heavy atom. The average Bonchev–Trinajstić information content (AvgIpc) is 3.58. The number of carbonyl (C=O) groups excluding carboxylic acids is 5. The van der Waals surface area contributed by atoms with Crippen LogP contribution in [0.15, 0.2) is 132 Å². The van der Waals surface area contributed by atoms with Crippen LogP contribution in [-0.4, -0.2) is 62.5 Å². The molecule has 11 heteroatoms. The van der Waals surface area contributed by atoms with Crippen LogP contribution >= 0.6 is 0 Å². The molecule has 4 aromatic carbocycles. The Morgan fingerprint density at radius 2 is 1.02 bits per heavy atom. The van der Waals surface area contributed by atoms with E-state index in [0.717, 1.165) is 11.1 Å². The highest BCUT2D eigenvalue weighted by Gasteiger charge is 2.43. The highest BCUT2D eigenvalue weighted by Crippen LogP contribution is 2.39. The van der Waals surface area contributed by atoms with E-state index >= 15 is 0 Å². The standard InChI is InChI=1S/C22H21NO5.C21H18N2O3/c1-14(24)19-20(17-8-10-18(11-9-17)28-15(2)25)23(22(27)21(19)26)13-12-16-6-4-3-5-7-16;1-14(24)18-19(17-9-7-16(13-22)8-10-17)23(21(26)20(18)25)12-11-15-5-3-2-4-6-15/h3-11,20,26H,12-13H2,1-2H3;2-10,19,25H,11-12H2,1H3. The lowest BCUT2D eigenvalue weighted by atomic mass is 9.96. The van der Waals surface area contributed by atoms with E-state index in [2.05, 4.69) is 0 Å². The van der Waals surface area contributed by atoms with Crippen molar-refractivity contribution in [2.24, 2.45) is 0 Å². The first kappa shape index (κ1) is 38.4. The van der Waals surface area contributed by atoms with Crippen LogP contribution in [0.4, 0.5) is 0 Å². The summed E-state index contributed by atoms with van der Waals surface area (Å²) in [6, 6.07) is 33.4. The third-order valence-electron chi connectivity index (χ3n) is 9.15. The molecule has 2 atom stereocenters. The number of hydrogen-bond donors (Lipinski definition) is 2. The Labute approximate surface area is 313 Å². The van der Waals surface area contributed by atoms with Gasteiger partial charge in [-0.1, -0.05) is 84.9 Å². The molecule has 0 aliphatic carbocycles. The highest BCUT2D eigenvalue weighted by atomic mass is 16.5. The van der Waals surface area contributed by atoms with Gasteiger partial charge in [-0.3, -0.25) is 24.0 Å². The number of rotatable bonds is 11. The second-order valence-electron chi connectivity index (χ2n) is 12.8. The molecule has 2 amide bonds. The molecule has 6 rings (SSSR count). The molecule has 0 saturated heterocycles.